The summed E-state index contributed by atoms with van der Waals surface area (Å²) < 4.78 is 32.8. The first-order valence-electron chi connectivity index (χ1n) is 8.76. The molecule has 0 N–H and O–H groups in total. The maximum absolute atomic E-state index is 12.8. The van der Waals surface area contributed by atoms with Gasteiger partial charge in [-0.2, -0.15) is 4.31 Å². The fourth-order valence-corrected chi connectivity index (χ4v) is 5.94. The van der Waals surface area contributed by atoms with Crippen LogP contribution in [0.25, 0.3) is 0 Å². The minimum Gasteiger partial charge on any atom is -0.381 e. The van der Waals surface area contributed by atoms with Crippen molar-refractivity contribution in [3.8, 4) is 0 Å². The molecule has 0 amide bonds. The van der Waals surface area contributed by atoms with Crippen LogP contribution in [0.4, 0.5) is 0 Å². The van der Waals surface area contributed by atoms with E-state index in [9.17, 15) is 8.42 Å². The molecular weight excluding hydrogens is 310 g/mol. The Morgan fingerprint density at radius 2 is 1.83 bits per heavy atom. The molecule has 0 saturated carbocycles. The van der Waals surface area contributed by atoms with Gasteiger partial charge in [0.1, 0.15) is 0 Å². The molecule has 23 heavy (non-hydrogen) atoms. The van der Waals surface area contributed by atoms with Gasteiger partial charge in [-0.1, -0.05) is 30.3 Å². The Morgan fingerprint density at radius 3 is 2.57 bits per heavy atom. The molecule has 2 aliphatic rings. The van der Waals surface area contributed by atoms with Crippen molar-refractivity contribution in [2.45, 2.75) is 44.6 Å². The third-order valence-corrected chi connectivity index (χ3v) is 7.16. The number of aryl methyl sites for hydroxylation is 1. The van der Waals surface area contributed by atoms with Crippen molar-refractivity contribution < 1.29 is 13.2 Å². The molecule has 128 valence electrons. The van der Waals surface area contributed by atoms with Gasteiger partial charge in [0, 0.05) is 25.8 Å². The van der Waals surface area contributed by atoms with E-state index >= 15 is 0 Å². The zero-order valence-electron chi connectivity index (χ0n) is 13.7. The summed E-state index contributed by atoms with van der Waals surface area (Å²) in [6, 6.07) is 10.5. The fourth-order valence-electron chi connectivity index (χ4n) is 3.75. The molecule has 4 nitrogen and oxygen atoms in total. The second-order valence-corrected chi connectivity index (χ2v) is 8.73. The predicted octanol–water partition coefficient (Wildman–Crippen LogP) is 2.84. The molecule has 3 rings (SSSR count). The topological polar surface area (TPSA) is 46.6 Å². The van der Waals surface area contributed by atoms with Gasteiger partial charge in [0.15, 0.2) is 0 Å². The Balaban J connectivity index is 1.58. The lowest BCUT2D eigenvalue weighted by Gasteiger charge is -2.28. The van der Waals surface area contributed by atoms with Gasteiger partial charge in [-0.25, -0.2) is 8.42 Å². The van der Waals surface area contributed by atoms with E-state index in [0.29, 0.717) is 25.5 Å². The molecule has 2 heterocycles. The molecule has 0 spiro atoms. The number of ether oxygens (including phenoxy) is 1. The van der Waals surface area contributed by atoms with Gasteiger partial charge in [-0.05, 0) is 50.0 Å². The summed E-state index contributed by atoms with van der Waals surface area (Å²) >= 11 is 0. The molecule has 1 atom stereocenters. The van der Waals surface area contributed by atoms with Crippen LogP contribution in [0.1, 0.15) is 37.7 Å². The molecule has 0 radical (unpaired) electrons. The van der Waals surface area contributed by atoms with Crippen LogP contribution in [0.15, 0.2) is 30.3 Å². The quantitative estimate of drug-likeness (QED) is 0.802. The van der Waals surface area contributed by atoms with Crippen LogP contribution in [0.3, 0.4) is 0 Å². The molecule has 1 aromatic rings. The number of hydrogen-bond acceptors (Lipinski definition) is 3. The van der Waals surface area contributed by atoms with E-state index < -0.39 is 10.0 Å². The van der Waals surface area contributed by atoms with Crippen molar-refractivity contribution in [3.63, 3.8) is 0 Å². The van der Waals surface area contributed by atoms with Gasteiger partial charge in [0.2, 0.25) is 10.0 Å². The van der Waals surface area contributed by atoms with Crippen LogP contribution in [-0.2, 0) is 21.2 Å². The van der Waals surface area contributed by atoms with Crippen LogP contribution in [0, 0.1) is 5.92 Å². The Hall–Kier alpha value is -0.910. The highest BCUT2D eigenvalue weighted by atomic mass is 32.2. The summed E-state index contributed by atoms with van der Waals surface area (Å²) in [6.45, 7) is 2.11. The van der Waals surface area contributed by atoms with Crippen LogP contribution < -0.4 is 0 Å². The second kappa shape index (κ2) is 7.77. The Labute approximate surface area is 139 Å². The van der Waals surface area contributed by atoms with Crippen LogP contribution in [-0.4, -0.2) is 44.3 Å². The van der Waals surface area contributed by atoms with Gasteiger partial charge >= 0.3 is 0 Å². The van der Waals surface area contributed by atoms with Gasteiger partial charge in [-0.15, -0.1) is 0 Å². The number of rotatable bonds is 6. The summed E-state index contributed by atoms with van der Waals surface area (Å²) in [5.41, 5.74) is 1.29. The summed E-state index contributed by atoms with van der Waals surface area (Å²) in [7, 11) is -3.14. The molecular formula is C18H27NO3S. The van der Waals surface area contributed by atoms with E-state index in [1.807, 2.05) is 18.2 Å². The number of benzene rings is 1. The monoisotopic (exact) mass is 337 g/mol. The summed E-state index contributed by atoms with van der Waals surface area (Å²) in [4.78, 5) is 0. The predicted molar refractivity (Wildman–Crippen MR) is 91.8 cm³/mol. The Bertz CT molecular complexity index is 582. The minimum absolute atomic E-state index is 0.181. The number of sulfonamides is 1. The average molecular weight is 337 g/mol. The largest absolute Gasteiger partial charge is 0.381 e. The lowest BCUT2D eigenvalue weighted by molar-refractivity contribution is 0.0720. The molecule has 2 saturated heterocycles. The van der Waals surface area contributed by atoms with Crippen molar-refractivity contribution >= 4 is 10.0 Å². The normalized spacial score (nSPS) is 24.1. The van der Waals surface area contributed by atoms with Gasteiger partial charge < -0.3 is 4.74 Å². The van der Waals surface area contributed by atoms with Crippen molar-refractivity contribution in [1.29, 1.82) is 0 Å². The molecule has 0 bridgehead atoms. The highest BCUT2D eigenvalue weighted by Gasteiger charge is 2.35. The third-order valence-electron chi connectivity index (χ3n) is 5.08. The fraction of sp³-hybridized carbons (Fsp3) is 0.667. The molecule has 5 heteroatoms. The SMILES string of the molecule is O=S(=O)(CC1CCOCC1)N1CCC[C@@H]1CCc1ccccc1. The Morgan fingerprint density at radius 1 is 1.09 bits per heavy atom. The summed E-state index contributed by atoms with van der Waals surface area (Å²) in [6.07, 6.45) is 5.63. The molecule has 2 fully saturated rings. The molecule has 0 aromatic heterocycles. The van der Waals surface area contributed by atoms with E-state index in [2.05, 4.69) is 12.1 Å². The molecule has 0 aliphatic carbocycles. The molecule has 0 unspecified atom stereocenters. The van der Waals surface area contributed by atoms with Crippen LogP contribution >= 0.6 is 0 Å². The number of nitrogens with zero attached hydrogens (tertiary/aromatic N) is 1. The van der Waals surface area contributed by atoms with Crippen molar-refractivity contribution in [2.75, 3.05) is 25.5 Å². The maximum atomic E-state index is 12.8. The van der Waals surface area contributed by atoms with Gasteiger partial charge in [0.25, 0.3) is 0 Å². The smallest absolute Gasteiger partial charge is 0.214 e. The Kier molecular flexibility index (Phi) is 5.72. The first-order valence-corrected chi connectivity index (χ1v) is 10.4. The zero-order valence-corrected chi connectivity index (χ0v) is 14.5. The molecule has 2 aliphatic heterocycles. The number of hydrogen-bond donors (Lipinski definition) is 0. The minimum atomic E-state index is -3.14. The van der Waals surface area contributed by atoms with Gasteiger partial charge in [0.05, 0.1) is 5.75 Å². The average Bonchev–Trinajstić information content (AvgIpc) is 3.04. The van der Waals surface area contributed by atoms with Crippen molar-refractivity contribution in [3.05, 3.63) is 35.9 Å². The van der Waals surface area contributed by atoms with E-state index in [-0.39, 0.29) is 12.0 Å². The summed E-state index contributed by atoms with van der Waals surface area (Å²) in [5, 5.41) is 0. The second-order valence-electron chi connectivity index (χ2n) is 6.77. The first-order chi connectivity index (χ1) is 11.1. The standard InChI is InChI=1S/C18H27NO3S/c20-23(21,15-17-10-13-22-14-11-17)19-12-4-7-18(19)9-8-16-5-2-1-3-6-16/h1-3,5-6,17-18H,4,7-15H2/t18-/m1/s1. The molecule has 1 aromatic carbocycles. The lowest BCUT2D eigenvalue weighted by Crippen LogP contribution is -2.39. The van der Waals surface area contributed by atoms with Crippen LogP contribution in [0.2, 0.25) is 0 Å². The highest BCUT2D eigenvalue weighted by molar-refractivity contribution is 7.89. The van der Waals surface area contributed by atoms with E-state index in [0.717, 1.165) is 38.5 Å². The summed E-state index contributed by atoms with van der Waals surface area (Å²) in [5.74, 6) is 0.571. The van der Waals surface area contributed by atoms with E-state index in [1.165, 1.54) is 5.56 Å². The van der Waals surface area contributed by atoms with Crippen molar-refractivity contribution in [1.82, 2.24) is 4.31 Å². The van der Waals surface area contributed by atoms with E-state index in [4.69, 9.17) is 4.74 Å². The maximum Gasteiger partial charge on any atom is 0.214 e. The third kappa shape index (κ3) is 4.55. The lowest BCUT2D eigenvalue weighted by atomic mass is 10.0. The highest BCUT2D eigenvalue weighted by Crippen LogP contribution is 2.27. The van der Waals surface area contributed by atoms with Crippen molar-refractivity contribution in [2.24, 2.45) is 5.92 Å². The van der Waals surface area contributed by atoms with Gasteiger partial charge in [-0.3, -0.25) is 0 Å². The van der Waals surface area contributed by atoms with E-state index in [1.54, 1.807) is 4.31 Å². The first kappa shape index (κ1) is 16.9. The van der Waals surface area contributed by atoms with Crippen LogP contribution in [0.5, 0.6) is 0 Å². The zero-order chi connectivity index (χ0) is 16.1.